The van der Waals surface area contributed by atoms with Gasteiger partial charge in [-0.1, -0.05) is 61.9 Å². The zero-order chi connectivity index (χ0) is 17.2. The zero-order valence-electron chi connectivity index (χ0n) is 16.0. The van der Waals surface area contributed by atoms with Crippen LogP contribution in [-0.2, 0) is 13.2 Å². The van der Waals surface area contributed by atoms with E-state index in [-0.39, 0.29) is 24.8 Å². The summed E-state index contributed by atoms with van der Waals surface area (Å²) in [6.45, 7) is 12.2. The molecule has 0 amide bonds. The smallest absolute Gasteiger partial charge is 0.124 e. The molecule has 5 heteroatoms. The first-order valence-electron chi connectivity index (χ1n) is 8.92. The van der Waals surface area contributed by atoms with E-state index in [2.05, 4.69) is 73.5 Å². The summed E-state index contributed by atoms with van der Waals surface area (Å²) in [7, 11) is 0. The Kier molecular flexibility index (Phi) is 13.2. The molecule has 0 bridgehead atoms. The van der Waals surface area contributed by atoms with E-state index in [0.29, 0.717) is 6.61 Å². The van der Waals surface area contributed by atoms with Crippen LogP contribution in [0.4, 0.5) is 0 Å². The lowest BCUT2D eigenvalue weighted by atomic mass is 10.1. The standard InChI is InChI=1S/C21H30N2O.2ClH/c1-4-23(5-2)15-14-22-16-20-8-6-7-9-21(20)24-17-19-12-10-18(3)11-13-19;;/h6-13,22H,4-5,14-17H2,1-3H3;2*1H. The van der Waals surface area contributed by atoms with Crippen LogP contribution >= 0.6 is 24.8 Å². The Bertz CT molecular complexity index is 601. The van der Waals surface area contributed by atoms with Crippen molar-refractivity contribution in [3.8, 4) is 5.75 Å². The lowest BCUT2D eigenvalue weighted by Crippen LogP contribution is -2.31. The number of halogens is 2. The summed E-state index contributed by atoms with van der Waals surface area (Å²) in [5.41, 5.74) is 3.69. The zero-order valence-corrected chi connectivity index (χ0v) is 17.7. The number of aryl methyl sites for hydroxylation is 1. The van der Waals surface area contributed by atoms with Crippen molar-refractivity contribution >= 4 is 24.8 Å². The van der Waals surface area contributed by atoms with Crippen molar-refractivity contribution in [1.29, 1.82) is 0 Å². The summed E-state index contributed by atoms with van der Waals surface area (Å²) in [6, 6.07) is 16.8. The second-order valence-electron chi connectivity index (χ2n) is 6.09. The molecule has 0 saturated heterocycles. The molecule has 2 rings (SSSR count). The van der Waals surface area contributed by atoms with Crippen molar-refractivity contribution in [2.75, 3.05) is 26.2 Å². The van der Waals surface area contributed by atoms with E-state index in [4.69, 9.17) is 4.74 Å². The number of nitrogens with one attached hydrogen (secondary N) is 1. The minimum atomic E-state index is 0. The van der Waals surface area contributed by atoms with E-state index in [1.165, 1.54) is 16.7 Å². The summed E-state index contributed by atoms with van der Waals surface area (Å²) < 4.78 is 6.03. The Balaban J connectivity index is 0.00000312. The molecule has 0 spiro atoms. The highest BCUT2D eigenvalue weighted by atomic mass is 35.5. The number of ether oxygens (including phenoxy) is 1. The molecular formula is C21H32Cl2N2O. The fourth-order valence-corrected chi connectivity index (χ4v) is 2.64. The van der Waals surface area contributed by atoms with E-state index in [1.54, 1.807) is 0 Å². The van der Waals surface area contributed by atoms with Crippen LogP contribution in [0.2, 0.25) is 0 Å². The van der Waals surface area contributed by atoms with Gasteiger partial charge in [-0.3, -0.25) is 0 Å². The molecule has 0 unspecified atom stereocenters. The van der Waals surface area contributed by atoms with Gasteiger partial charge in [-0.25, -0.2) is 0 Å². The lowest BCUT2D eigenvalue weighted by Gasteiger charge is -2.18. The maximum Gasteiger partial charge on any atom is 0.124 e. The second-order valence-corrected chi connectivity index (χ2v) is 6.09. The first kappa shape index (κ1) is 24.7. The van der Waals surface area contributed by atoms with E-state index in [9.17, 15) is 0 Å². The summed E-state index contributed by atoms with van der Waals surface area (Å²) >= 11 is 0. The topological polar surface area (TPSA) is 24.5 Å². The molecule has 0 saturated carbocycles. The SMILES string of the molecule is CCN(CC)CCNCc1ccccc1OCc1ccc(C)cc1.Cl.Cl. The Morgan fingerprint density at radius 3 is 2.23 bits per heavy atom. The molecule has 2 aromatic rings. The van der Waals surface area contributed by atoms with Gasteiger partial charge < -0.3 is 15.0 Å². The third-order valence-corrected chi connectivity index (χ3v) is 4.30. The van der Waals surface area contributed by atoms with Crippen molar-refractivity contribution in [1.82, 2.24) is 10.2 Å². The van der Waals surface area contributed by atoms with Crippen molar-refractivity contribution in [3.63, 3.8) is 0 Å². The maximum atomic E-state index is 6.03. The Hall–Kier alpha value is -1.26. The van der Waals surface area contributed by atoms with Gasteiger partial charge in [0.2, 0.25) is 0 Å². The quantitative estimate of drug-likeness (QED) is 0.578. The van der Waals surface area contributed by atoms with Crippen LogP contribution in [0, 0.1) is 6.92 Å². The molecule has 0 aromatic heterocycles. The van der Waals surface area contributed by atoms with Crippen LogP contribution < -0.4 is 10.1 Å². The van der Waals surface area contributed by atoms with Gasteiger partial charge >= 0.3 is 0 Å². The highest BCUT2D eigenvalue weighted by Crippen LogP contribution is 2.19. The summed E-state index contributed by atoms with van der Waals surface area (Å²) in [5.74, 6) is 0.966. The van der Waals surface area contributed by atoms with Gasteiger partial charge in [0.25, 0.3) is 0 Å². The fraction of sp³-hybridized carbons (Fsp3) is 0.429. The monoisotopic (exact) mass is 398 g/mol. The maximum absolute atomic E-state index is 6.03. The van der Waals surface area contributed by atoms with Crippen molar-refractivity contribution in [2.24, 2.45) is 0 Å². The number of rotatable bonds is 10. The second kappa shape index (κ2) is 13.9. The van der Waals surface area contributed by atoms with Gasteiger partial charge in [-0.2, -0.15) is 0 Å². The van der Waals surface area contributed by atoms with Crippen LogP contribution in [-0.4, -0.2) is 31.1 Å². The van der Waals surface area contributed by atoms with E-state index in [0.717, 1.165) is 38.5 Å². The van der Waals surface area contributed by atoms with Crippen LogP contribution in [0.3, 0.4) is 0 Å². The Labute approximate surface area is 171 Å². The predicted molar refractivity (Wildman–Crippen MR) is 116 cm³/mol. The van der Waals surface area contributed by atoms with Crippen molar-refractivity contribution in [3.05, 3.63) is 65.2 Å². The average molecular weight is 399 g/mol. The molecule has 0 atom stereocenters. The normalized spacial score (nSPS) is 10.2. The fourth-order valence-electron chi connectivity index (χ4n) is 2.64. The van der Waals surface area contributed by atoms with Gasteiger partial charge in [0.05, 0.1) is 0 Å². The van der Waals surface area contributed by atoms with E-state index < -0.39 is 0 Å². The molecule has 3 nitrogen and oxygen atoms in total. The predicted octanol–water partition coefficient (Wildman–Crippen LogP) is 4.85. The van der Waals surface area contributed by atoms with E-state index >= 15 is 0 Å². The van der Waals surface area contributed by atoms with Gasteiger partial charge in [0.1, 0.15) is 12.4 Å². The number of likely N-dealkylation sites (N-methyl/N-ethyl adjacent to an activating group) is 1. The van der Waals surface area contributed by atoms with Crippen molar-refractivity contribution in [2.45, 2.75) is 33.9 Å². The number of hydrogen-bond acceptors (Lipinski definition) is 3. The molecule has 0 aliphatic carbocycles. The molecule has 1 N–H and O–H groups in total. The van der Waals surface area contributed by atoms with Gasteiger partial charge in [0, 0.05) is 25.2 Å². The Morgan fingerprint density at radius 2 is 1.58 bits per heavy atom. The van der Waals surface area contributed by atoms with Crippen molar-refractivity contribution < 1.29 is 4.74 Å². The summed E-state index contributed by atoms with van der Waals surface area (Å²) in [6.07, 6.45) is 0. The molecule has 2 aromatic carbocycles. The molecular weight excluding hydrogens is 367 g/mol. The Morgan fingerprint density at radius 1 is 0.923 bits per heavy atom. The van der Waals surface area contributed by atoms with Crippen LogP contribution in [0.5, 0.6) is 5.75 Å². The van der Waals surface area contributed by atoms with Crippen LogP contribution in [0.25, 0.3) is 0 Å². The molecule has 0 aliphatic rings. The average Bonchev–Trinajstić information content (AvgIpc) is 2.62. The highest BCUT2D eigenvalue weighted by Gasteiger charge is 2.04. The molecule has 26 heavy (non-hydrogen) atoms. The molecule has 0 fully saturated rings. The molecule has 146 valence electrons. The summed E-state index contributed by atoms with van der Waals surface area (Å²) in [4.78, 5) is 2.42. The van der Waals surface area contributed by atoms with Gasteiger partial charge in [-0.15, -0.1) is 24.8 Å². The van der Waals surface area contributed by atoms with Gasteiger partial charge in [0.15, 0.2) is 0 Å². The minimum Gasteiger partial charge on any atom is -0.489 e. The third kappa shape index (κ3) is 8.41. The number of para-hydroxylation sites is 1. The van der Waals surface area contributed by atoms with Gasteiger partial charge in [-0.05, 0) is 31.6 Å². The molecule has 0 heterocycles. The molecule has 0 radical (unpaired) electrons. The largest absolute Gasteiger partial charge is 0.489 e. The number of nitrogens with zero attached hydrogens (tertiary/aromatic N) is 1. The lowest BCUT2D eigenvalue weighted by molar-refractivity contribution is 0.296. The highest BCUT2D eigenvalue weighted by molar-refractivity contribution is 5.85. The molecule has 0 aliphatic heterocycles. The third-order valence-electron chi connectivity index (χ3n) is 4.30. The minimum absolute atomic E-state index is 0. The number of benzene rings is 2. The summed E-state index contributed by atoms with van der Waals surface area (Å²) in [5, 5.41) is 3.53. The first-order chi connectivity index (χ1) is 11.7. The van der Waals surface area contributed by atoms with E-state index in [1.807, 2.05) is 6.07 Å². The number of hydrogen-bond donors (Lipinski definition) is 1. The van der Waals surface area contributed by atoms with Crippen LogP contribution in [0.15, 0.2) is 48.5 Å². The first-order valence-corrected chi connectivity index (χ1v) is 8.92. The van der Waals surface area contributed by atoms with Crippen LogP contribution in [0.1, 0.15) is 30.5 Å².